The van der Waals surface area contributed by atoms with E-state index in [0.717, 1.165) is 21.3 Å². The van der Waals surface area contributed by atoms with Gasteiger partial charge in [-0.2, -0.15) is 0 Å². The van der Waals surface area contributed by atoms with Crippen molar-refractivity contribution in [3.8, 4) is 0 Å². The van der Waals surface area contributed by atoms with Crippen LogP contribution in [0.2, 0.25) is 0 Å². The summed E-state index contributed by atoms with van der Waals surface area (Å²) in [5.41, 5.74) is 2.09. The van der Waals surface area contributed by atoms with Crippen molar-refractivity contribution in [3.05, 3.63) is 58.4 Å². The summed E-state index contributed by atoms with van der Waals surface area (Å²) in [6.45, 7) is 0.974. The molecule has 3 aromatic rings. The molecular formula is C19H19N3O2S. The quantitative estimate of drug-likeness (QED) is 0.740. The highest BCUT2D eigenvalue weighted by molar-refractivity contribution is 7.09. The number of para-hydroxylation sites is 1. The number of aromatic nitrogens is 1. The van der Waals surface area contributed by atoms with Crippen LogP contribution in [0.4, 0.5) is 0 Å². The summed E-state index contributed by atoms with van der Waals surface area (Å²) in [7, 11) is 0. The number of rotatable bonds is 5. The molecular weight excluding hydrogens is 334 g/mol. The number of carbonyl (C=O) groups is 2. The summed E-state index contributed by atoms with van der Waals surface area (Å²) >= 11 is 1.61. The second-order valence-electron chi connectivity index (χ2n) is 6.23. The van der Waals surface area contributed by atoms with E-state index in [1.807, 2.05) is 48.0 Å². The number of nitrogens with one attached hydrogen (secondary N) is 2. The molecule has 3 heterocycles. The second kappa shape index (κ2) is 6.72. The molecule has 2 amide bonds. The number of aromatic amines is 1. The topological polar surface area (TPSA) is 65.2 Å². The fourth-order valence-corrected chi connectivity index (χ4v) is 4.00. The number of thiophene rings is 1. The molecule has 2 aromatic heterocycles. The van der Waals surface area contributed by atoms with Gasteiger partial charge in [0.2, 0.25) is 11.8 Å². The first-order valence-corrected chi connectivity index (χ1v) is 9.25. The molecule has 1 aliphatic rings. The van der Waals surface area contributed by atoms with Crippen LogP contribution in [-0.2, 0) is 22.7 Å². The van der Waals surface area contributed by atoms with Gasteiger partial charge in [-0.15, -0.1) is 11.3 Å². The van der Waals surface area contributed by atoms with Crippen LogP contribution in [0.3, 0.4) is 0 Å². The summed E-state index contributed by atoms with van der Waals surface area (Å²) in [5, 5.41) is 6.05. The van der Waals surface area contributed by atoms with E-state index in [2.05, 4.69) is 10.3 Å². The second-order valence-corrected chi connectivity index (χ2v) is 7.27. The first-order valence-electron chi connectivity index (χ1n) is 8.37. The first-order chi connectivity index (χ1) is 12.2. The van der Waals surface area contributed by atoms with Gasteiger partial charge in [0.1, 0.15) is 6.04 Å². The molecule has 2 N–H and O–H groups in total. The van der Waals surface area contributed by atoms with Crippen molar-refractivity contribution in [2.45, 2.75) is 32.0 Å². The lowest BCUT2D eigenvalue weighted by Crippen LogP contribution is -2.44. The van der Waals surface area contributed by atoms with Crippen molar-refractivity contribution in [2.24, 2.45) is 0 Å². The average molecular weight is 353 g/mol. The van der Waals surface area contributed by atoms with Gasteiger partial charge in [0.05, 0.1) is 6.54 Å². The number of amides is 2. The molecule has 25 heavy (non-hydrogen) atoms. The van der Waals surface area contributed by atoms with Crippen molar-refractivity contribution in [1.82, 2.24) is 15.2 Å². The summed E-state index contributed by atoms with van der Waals surface area (Å²) in [4.78, 5) is 30.9. The van der Waals surface area contributed by atoms with Gasteiger partial charge < -0.3 is 15.2 Å². The molecule has 0 bridgehead atoms. The summed E-state index contributed by atoms with van der Waals surface area (Å²) in [5.74, 6) is -0.0272. The zero-order valence-electron chi connectivity index (χ0n) is 13.7. The predicted molar refractivity (Wildman–Crippen MR) is 98.0 cm³/mol. The maximum absolute atomic E-state index is 12.6. The fourth-order valence-electron chi connectivity index (χ4n) is 3.36. The van der Waals surface area contributed by atoms with Crippen LogP contribution in [0, 0.1) is 0 Å². The summed E-state index contributed by atoms with van der Waals surface area (Å²) in [6.07, 6.45) is 2.94. The standard InChI is InChI=1S/C19H19N3O2S/c23-18-8-7-17(19(24)21-11-14-4-3-9-25-14)22(18)12-13-10-20-16-6-2-1-5-15(13)16/h1-6,9-10,17,20H,7-8,11-12H2,(H,21,24). The number of benzene rings is 1. The van der Waals surface area contributed by atoms with Crippen LogP contribution in [0.1, 0.15) is 23.3 Å². The van der Waals surface area contributed by atoms with Crippen LogP contribution >= 0.6 is 11.3 Å². The van der Waals surface area contributed by atoms with E-state index < -0.39 is 0 Å². The van der Waals surface area contributed by atoms with E-state index in [1.54, 1.807) is 16.2 Å². The highest BCUT2D eigenvalue weighted by Crippen LogP contribution is 2.25. The van der Waals surface area contributed by atoms with Gasteiger partial charge in [0.15, 0.2) is 0 Å². The number of H-pyrrole nitrogens is 1. The highest BCUT2D eigenvalue weighted by atomic mass is 32.1. The molecule has 5 nitrogen and oxygen atoms in total. The molecule has 1 unspecified atom stereocenters. The third kappa shape index (κ3) is 3.17. The monoisotopic (exact) mass is 353 g/mol. The lowest BCUT2D eigenvalue weighted by molar-refractivity contribution is -0.135. The Hall–Kier alpha value is -2.60. The third-order valence-electron chi connectivity index (χ3n) is 4.66. The maximum atomic E-state index is 12.6. The predicted octanol–water partition coefficient (Wildman–Crippen LogP) is 3.04. The normalized spacial score (nSPS) is 17.4. The van der Waals surface area contributed by atoms with Crippen LogP contribution in [0.15, 0.2) is 48.0 Å². The summed E-state index contributed by atoms with van der Waals surface area (Å²) < 4.78 is 0. The van der Waals surface area contributed by atoms with Gasteiger partial charge in [0, 0.05) is 34.9 Å². The minimum Gasteiger partial charge on any atom is -0.361 e. The molecule has 6 heteroatoms. The number of hydrogen-bond donors (Lipinski definition) is 2. The molecule has 1 saturated heterocycles. The Kier molecular flexibility index (Phi) is 4.28. The molecule has 0 saturated carbocycles. The Labute approximate surface area is 149 Å². The molecule has 1 aromatic carbocycles. The number of nitrogens with zero attached hydrogens (tertiary/aromatic N) is 1. The zero-order valence-corrected chi connectivity index (χ0v) is 14.5. The lowest BCUT2D eigenvalue weighted by atomic mass is 10.1. The van der Waals surface area contributed by atoms with Crippen LogP contribution in [0.5, 0.6) is 0 Å². The van der Waals surface area contributed by atoms with Gasteiger partial charge in [-0.1, -0.05) is 24.3 Å². The SMILES string of the molecule is O=C(NCc1cccs1)C1CCC(=O)N1Cc1c[nH]c2ccccc12. The Morgan fingerprint density at radius 2 is 2.16 bits per heavy atom. The van der Waals surface area contributed by atoms with Gasteiger partial charge in [-0.3, -0.25) is 9.59 Å². The molecule has 128 valence electrons. The van der Waals surface area contributed by atoms with Crippen molar-refractivity contribution >= 4 is 34.1 Å². The Balaban J connectivity index is 1.48. The van der Waals surface area contributed by atoms with Crippen LogP contribution < -0.4 is 5.32 Å². The lowest BCUT2D eigenvalue weighted by Gasteiger charge is -2.24. The average Bonchev–Trinajstić information content (AvgIpc) is 3.35. The van der Waals surface area contributed by atoms with Crippen molar-refractivity contribution in [3.63, 3.8) is 0 Å². The van der Waals surface area contributed by atoms with Gasteiger partial charge in [-0.05, 0) is 29.5 Å². The number of carbonyl (C=O) groups excluding carboxylic acids is 2. The Bertz CT molecular complexity index is 900. The van der Waals surface area contributed by atoms with Gasteiger partial charge >= 0.3 is 0 Å². The largest absolute Gasteiger partial charge is 0.361 e. The van der Waals surface area contributed by atoms with Crippen LogP contribution in [-0.4, -0.2) is 27.7 Å². The van der Waals surface area contributed by atoms with Crippen molar-refractivity contribution in [1.29, 1.82) is 0 Å². The van der Waals surface area contributed by atoms with E-state index in [-0.39, 0.29) is 17.9 Å². The molecule has 0 spiro atoms. The van der Waals surface area contributed by atoms with Crippen LogP contribution in [0.25, 0.3) is 10.9 Å². The maximum Gasteiger partial charge on any atom is 0.243 e. The number of likely N-dealkylation sites (tertiary alicyclic amines) is 1. The molecule has 4 rings (SSSR count). The first kappa shape index (κ1) is 15.9. The molecule has 1 aliphatic heterocycles. The number of fused-ring (bicyclic) bond motifs is 1. The summed E-state index contributed by atoms with van der Waals surface area (Å²) in [6, 6.07) is 11.6. The number of hydrogen-bond acceptors (Lipinski definition) is 3. The zero-order chi connectivity index (χ0) is 17.2. The molecule has 0 aliphatic carbocycles. The van der Waals surface area contributed by atoms with E-state index in [9.17, 15) is 9.59 Å². The fraction of sp³-hybridized carbons (Fsp3) is 0.263. The van der Waals surface area contributed by atoms with E-state index in [4.69, 9.17) is 0 Å². The molecule has 1 atom stereocenters. The van der Waals surface area contributed by atoms with Crippen molar-refractivity contribution < 1.29 is 9.59 Å². The molecule has 1 fully saturated rings. The minimum absolute atomic E-state index is 0.0431. The Morgan fingerprint density at radius 1 is 1.28 bits per heavy atom. The highest BCUT2D eigenvalue weighted by Gasteiger charge is 2.36. The van der Waals surface area contributed by atoms with Crippen molar-refractivity contribution in [2.75, 3.05) is 0 Å². The minimum atomic E-state index is -0.388. The van der Waals surface area contributed by atoms with Gasteiger partial charge in [-0.25, -0.2) is 0 Å². The molecule has 0 radical (unpaired) electrons. The third-order valence-corrected chi connectivity index (χ3v) is 5.54. The van der Waals surface area contributed by atoms with Gasteiger partial charge in [0.25, 0.3) is 0 Å². The van der Waals surface area contributed by atoms with E-state index >= 15 is 0 Å². The van der Waals surface area contributed by atoms with E-state index in [0.29, 0.717) is 25.9 Å². The smallest absolute Gasteiger partial charge is 0.243 e. The van der Waals surface area contributed by atoms with E-state index in [1.165, 1.54) is 0 Å². The Morgan fingerprint density at radius 3 is 3.00 bits per heavy atom.